The Hall–Kier alpha value is -2.26. The van der Waals surface area contributed by atoms with Crippen LogP contribution in [0.3, 0.4) is 0 Å². The van der Waals surface area contributed by atoms with Gasteiger partial charge in [0.25, 0.3) is 0 Å². The van der Waals surface area contributed by atoms with Crippen molar-refractivity contribution in [2.24, 2.45) is 0 Å². The van der Waals surface area contributed by atoms with E-state index < -0.39 is 22.2 Å². The minimum atomic E-state index is -3.71. The van der Waals surface area contributed by atoms with Crippen molar-refractivity contribution in [3.63, 3.8) is 0 Å². The summed E-state index contributed by atoms with van der Waals surface area (Å²) in [6, 6.07) is 15.7. The predicted octanol–water partition coefficient (Wildman–Crippen LogP) is 1.85. The Kier molecular flexibility index (Phi) is 6.71. The van der Waals surface area contributed by atoms with Gasteiger partial charge in [-0.05, 0) is 42.5 Å². The van der Waals surface area contributed by atoms with Crippen molar-refractivity contribution < 1.29 is 23.1 Å². The molecule has 8 heteroatoms. The van der Waals surface area contributed by atoms with Gasteiger partial charge in [-0.2, -0.15) is 0 Å². The van der Waals surface area contributed by atoms with Gasteiger partial charge in [-0.1, -0.05) is 42.5 Å². The van der Waals surface area contributed by atoms with Gasteiger partial charge in [-0.3, -0.25) is 4.79 Å². The number of rotatable bonds is 6. The number of carbonyl (C=O) groups excluding carboxylic acids is 1. The quantitative estimate of drug-likeness (QED) is 0.709. The summed E-state index contributed by atoms with van der Waals surface area (Å²) in [7, 11) is -3.71. The molecular weight excluding hydrogens is 416 g/mol. The van der Waals surface area contributed by atoms with E-state index >= 15 is 0 Å². The van der Waals surface area contributed by atoms with E-state index in [2.05, 4.69) is 16.9 Å². The third-order valence-corrected chi connectivity index (χ3v) is 7.55. The van der Waals surface area contributed by atoms with Crippen LogP contribution in [0.4, 0.5) is 0 Å². The average molecular weight is 445 g/mol. The number of nitrogens with one attached hydrogen (secondary N) is 1. The maximum absolute atomic E-state index is 12.8. The Bertz CT molecular complexity index is 1010. The molecule has 0 saturated carbocycles. The lowest BCUT2D eigenvalue weighted by Crippen LogP contribution is -2.51. The lowest BCUT2D eigenvalue weighted by atomic mass is 9.96. The van der Waals surface area contributed by atoms with Crippen LogP contribution in [0.1, 0.15) is 30.4 Å². The van der Waals surface area contributed by atoms with Crippen LogP contribution in [0.25, 0.3) is 0 Å². The number of ether oxygens (including phenoxy) is 1. The van der Waals surface area contributed by atoms with Gasteiger partial charge in [0.2, 0.25) is 15.9 Å². The highest BCUT2D eigenvalue weighted by Crippen LogP contribution is 2.25. The number of nitrogens with zero attached hydrogens (tertiary/aromatic N) is 1. The number of carbonyl (C=O) groups is 1. The van der Waals surface area contributed by atoms with Crippen molar-refractivity contribution in [1.82, 2.24) is 9.62 Å². The minimum Gasteiger partial charge on any atom is -0.394 e. The van der Waals surface area contributed by atoms with Gasteiger partial charge < -0.3 is 14.7 Å². The topological polar surface area (TPSA) is 95.9 Å². The molecule has 0 unspecified atom stereocenters. The molecule has 2 aliphatic heterocycles. The van der Waals surface area contributed by atoms with Crippen LogP contribution >= 0.6 is 0 Å². The summed E-state index contributed by atoms with van der Waals surface area (Å²) in [6.45, 7) is 0.972. The van der Waals surface area contributed by atoms with Crippen LogP contribution in [-0.2, 0) is 32.5 Å². The molecule has 3 atom stereocenters. The lowest BCUT2D eigenvalue weighted by molar-refractivity contribution is -0.140. The number of fused-ring (bicyclic) bond motifs is 1. The first-order chi connectivity index (χ1) is 15.0. The van der Waals surface area contributed by atoms with E-state index in [0.29, 0.717) is 25.9 Å². The zero-order valence-electron chi connectivity index (χ0n) is 17.3. The summed E-state index contributed by atoms with van der Waals surface area (Å²) < 4.78 is 33.8. The van der Waals surface area contributed by atoms with Crippen molar-refractivity contribution in [1.29, 1.82) is 0 Å². The normalized spacial score (nSPS) is 23.9. The smallest absolute Gasteiger partial charge is 0.240 e. The molecule has 0 aliphatic carbocycles. The molecule has 0 bridgehead atoms. The van der Waals surface area contributed by atoms with Crippen LogP contribution in [-0.4, -0.2) is 55.7 Å². The average Bonchev–Trinajstić information content (AvgIpc) is 2.80. The van der Waals surface area contributed by atoms with Crippen molar-refractivity contribution >= 4 is 15.9 Å². The second-order valence-electron chi connectivity index (χ2n) is 8.14. The van der Waals surface area contributed by atoms with Crippen LogP contribution < -0.4 is 4.72 Å². The van der Waals surface area contributed by atoms with Gasteiger partial charge in [-0.15, -0.1) is 0 Å². The number of benzene rings is 2. The van der Waals surface area contributed by atoms with Gasteiger partial charge in [0.05, 0.1) is 36.2 Å². The van der Waals surface area contributed by atoms with E-state index in [4.69, 9.17) is 4.74 Å². The Balaban J connectivity index is 1.34. The summed E-state index contributed by atoms with van der Waals surface area (Å²) >= 11 is 0. The van der Waals surface area contributed by atoms with Crippen LogP contribution in [0.2, 0.25) is 0 Å². The number of amides is 1. The number of aliphatic hydroxyl groups is 1. The van der Waals surface area contributed by atoms with Gasteiger partial charge in [0.15, 0.2) is 0 Å². The zero-order chi connectivity index (χ0) is 21.8. The molecule has 2 aromatic rings. The van der Waals surface area contributed by atoms with Gasteiger partial charge in [0.1, 0.15) is 0 Å². The summed E-state index contributed by atoms with van der Waals surface area (Å²) in [6.07, 6.45) is 1.10. The molecular formula is C23H28N2O5S. The molecule has 2 aliphatic rings. The van der Waals surface area contributed by atoms with Crippen molar-refractivity contribution in [2.45, 2.75) is 55.4 Å². The van der Waals surface area contributed by atoms with Crippen molar-refractivity contribution in [3.05, 3.63) is 65.7 Å². The molecule has 2 aromatic carbocycles. The van der Waals surface area contributed by atoms with Crippen LogP contribution in [0, 0.1) is 0 Å². The first-order valence-corrected chi connectivity index (χ1v) is 12.1. The van der Waals surface area contributed by atoms with E-state index in [1.165, 1.54) is 23.3 Å². The second-order valence-corrected chi connectivity index (χ2v) is 9.85. The molecule has 4 rings (SSSR count). The lowest BCUT2D eigenvalue weighted by Gasteiger charge is -2.37. The van der Waals surface area contributed by atoms with Gasteiger partial charge in [-0.25, -0.2) is 13.1 Å². The molecule has 7 nitrogen and oxygen atoms in total. The molecule has 2 N–H and O–H groups in total. The first-order valence-electron chi connectivity index (χ1n) is 10.6. The Morgan fingerprint density at radius 1 is 1.06 bits per heavy atom. The second kappa shape index (κ2) is 9.48. The Morgan fingerprint density at radius 3 is 2.52 bits per heavy atom. The van der Waals surface area contributed by atoms with E-state index in [1.807, 2.05) is 17.0 Å². The molecule has 0 radical (unpaired) electrons. The minimum absolute atomic E-state index is 0.0273. The molecule has 0 spiro atoms. The summed E-state index contributed by atoms with van der Waals surface area (Å²) in [5, 5.41) is 9.78. The highest BCUT2D eigenvalue weighted by Gasteiger charge is 2.35. The van der Waals surface area contributed by atoms with Crippen LogP contribution in [0.5, 0.6) is 0 Å². The maximum atomic E-state index is 12.8. The number of sulfonamides is 1. The molecule has 1 saturated heterocycles. The highest BCUT2D eigenvalue weighted by molar-refractivity contribution is 7.89. The number of hydrogen-bond donors (Lipinski definition) is 2. The summed E-state index contributed by atoms with van der Waals surface area (Å²) in [5.74, 6) is 0.0273. The number of hydrogen-bond acceptors (Lipinski definition) is 5. The van der Waals surface area contributed by atoms with Gasteiger partial charge >= 0.3 is 0 Å². The predicted molar refractivity (Wildman–Crippen MR) is 116 cm³/mol. The third-order valence-electron chi connectivity index (χ3n) is 6.04. The van der Waals surface area contributed by atoms with Gasteiger partial charge in [0, 0.05) is 13.1 Å². The largest absolute Gasteiger partial charge is 0.394 e. The van der Waals surface area contributed by atoms with Crippen molar-refractivity contribution in [3.8, 4) is 0 Å². The molecule has 31 heavy (non-hydrogen) atoms. The fourth-order valence-electron chi connectivity index (χ4n) is 4.32. The van der Waals surface area contributed by atoms with E-state index in [-0.39, 0.29) is 29.9 Å². The molecule has 1 amide bonds. The molecule has 1 fully saturated rings. The first kappa shape index (κ1) is 22.0. The van der Waals surface area contributed by atoms with Crippen molar-refractivity contribution in [2.75, 3.05) is 13.2 Å². The van der Waals surface area contributed by atoms with E-state index in [0.717, 1.165) is 6.42 Å². The Morgan fingerprint density at radius 2 is 1.77 bits per heavy atom. The van der Waals surface area contributed by atoms with E-state index in [1.54, 1.807) is 18.2 Å². The standard InChI is InChI=1S/C23H28N2O5S/c26-16-22-21(24-31(28,29)20-8-2-1-3-9-20)11-10-19(30-22)14-23(27)25-13-12-17-6-4-5-7-18(17)15-25/h1-9,19,21-22,24,26H,10-16H2/t19-,21+,22+/m0/s1. The fraction of sp³-hybridized carbons (Fsp3) is 0.435. The fourth-order valence-corrected chi connectivity index (χ4v) is 5.64. The number of aliphatic hydroxyl groups excluding tert-OH is 1. The van der Waals surface area contributed by atoms with Crippen LogP contribution in [0.15, 0.2) is 59.5 Å². The highest BCUT2D eigenvalue weighted by atomic mass is 32.2. The molecule has 2 heterocycles. The molecule has 0 aromatic heterocycles. The van der Waals surface area contributed by atoms with E-state index in [9.17, 15) is 18.3 Å². The maximum Gasteiger partial charge on any atom is 0.240 e. The summed E-state index contributed by atoms with van der Waals surface area (Å²) in [5.41, 5.74) is 2.46. The zero-order valence-corrected chi connectivity index (χ0v) is 18.1. The summed E-state index contributed by atoms with van der Waals surface area (Å²) in [4.78, 5) is 14.9. The molecule has 166 valence electrons. The third kappa shape index (κ3) is 5.15. The SMILES string of the molecule is O=C(C[C@@H]1CC[C@@H](NS(=O)(=O)c2ccccc2)[C@@H](CO)O1)N1CCc2ccccc2C1. The monoisotopic (exact) mass is 444 g/mol. The Labute approximate surface area is 183 Å².